The number of halogens is 1. The van der Waals surface area contributed by atoms with Crippen molar-refractivity contribution in [3.8, 4) is 22.3 Å². The number of hydrogen-bond donors (Lipinski definition) is 3. The molecule has 4 aromatic rings. The second-order valence-corrected chi connectivity index (χ2v) is 12.2. The zero-order valence-corrected chi connectivity index (χ0v) is 26.0. The molecule has 1 aliphatic carbocycles. The molecule has 6 nitrogen and oxygen atoms in total. The summed E-state index contributed by atoms with van der Waals surface area (Å²) in [6.07, 6.45) is 6.53. The molecule has 7 heteroatoms. The summed E-state index contributed by atoms with van der Waals surface area (Å²) in [7, 11) is 0. The average molecular weight is 623 g/mol. The number of carbonyl (C=O) groups is 3. The number of aryl methyl sites for hydroxylation is 1. The van der Waals surface area contributed by atoms with Crippen molar-refractivity contribution in [2.24, 2.45) is 5.92 Å². The summed E-state index contributed by atoms with van der Waals surface area (Å²) in [6, 6.07) is 30.9. The molecule has 2 unspecified atom stereocenters. The Labute approximate surface area is 269 Å². The van der Waals surface area contributed by atoms with E-state index in [1.165, 1.54) is 6.42 Å². The highest BCUT2D eigenvalue weighted by Gasteiger charge is 2.29. The van der Waals surface area contributed by atoms with E-state index in [0.717, 1.165) is 47.9 Å². The van der Waals surface area contributed by atoms with E-state index in [1.807, 2.05) is 84.9 Å². The molecule has 0 radical (unpaired) electrons. The van der Waals surface area contributed by atoms with E-state index in [-0.39, 0.29) is 5.92 Å². The maximum atomic E-state index is 13.6. The molecule has 4 aromatic carbocycles. The van der Waals surface area contributed by atoms with Crippen LogP contribution < -0.4 is 10.6 Å². The number of nitrogens with one attached hydrogen (secondary N) is 2. The summed E-state index contributed by atoms with van der Waals surface area (Å²) in [5, 5.41) is 16.1. The fourth-order valence-electron chi connectivity index (χ4n) is 6.08. The van der Waals surface area contributed by atoms with Crippen molar-refractivity contribution in [3.63, 3.8) is 0 Å². The molecule has 1 saturated carbocycles. The van der Waals surface area contributed by atoms with Gasteiger partial charge in [-0.2, -0.15) is 0 Å². The summed E-state index contributed by atoms with van der Waals surface area (Å²) in [6.45, 7) is 0. The van der Waals surface area contributed by atoms with Crippen molar-refractivity contribution in [3.05, 3.63) is 119 Å². The molecule has 1 aliphatic rings. The van der Waals surface area contributed by atoms with E-state index >= 15 is 0 Å². The molecular weight excluding hydrogens is 584 g/mol. The Bertz CT molecular complexity index is 1590. The highest BCUT2D eigenvalue weighted by atomic mass is 35.5. The maximum Gasteiger partial charge on any atom is 0.326 e. The predicted octanol–water partition coefficient (Wildman–Crippen LogP) is 7.95. The maximum absolute atomic E-state index is 13.6. The molecule has 0 aromatic heterocycles. The van der Waals surface area contributed by atoms with Crippen LogP contribution in [0.25, 0.3) is 22.3 Å². The second kappa shape index (κ2) is 15.5. The zero-order valence-electron chi connectivity index (χ0n) is 25.3. The van der Waals surface area contributed by atoms with Gasteiger partial charge >= 0.3 is 5.97 Å². The molecule has 2 atom stereocenters. The summed E-state index contributed by atoms with van der Waals surface area (Å²) < 4.78 is 0. The lowest BCUT2D eigenvalue weighted by Gasteiger charge is -2.26. The Hall–Kier alpha value is -4.42. The Morgan fingerprint density at radius 3 is 2.02 bits per heavy atom. The molecule has 5 rings (SSSR count). The van der Waals surface area contributed by atoms with E-state index in [2.05, 4.69) is 10.6 Å². The lowest BCUT2D eigenvalue weighted by Crippen LogP contribution is -2.52. The van der Waals surface area contributed by atoms with Gasteiger partial charge in [-0.05, 0) is 65.6 Å². The van der Waals surface area contributed by atoms with Gasteiger partial charge in [-0.1, -0.05) is 129 Å². The highest BCUT2D eigenvalue weighted by Crippen LogP contribution is 2.31. The quantitative estimate of drug-likeness (QED) is 0.149. The third-order valence-electron chi connectivity index (χ3n) is 8.63. The van der Waals surface area contributed by atoms with Crippen molar-refractivity contribution in [1.82, 2.24) is 10.6 Å². The average Bonchev–Trinajstić information content (AvgIpc) is 3.07. The van der Waals surface area contributed by atoms with Crippen LogP contribution in [0.4, 0.5) is 0 Å². The Morgan fingerprint density at radius 2 is 1.36 bits per heavy atom. The minimum atomic E-state index is -1.05. The number of carbonyl (C=O) groups excluding carboxylic acids is 2. The van der Waals surface area contributed by atoms with Gasteiger partial charge in [-0.25, -0.2) is 4.79 Å². The summed E-state index contributed by atoms with van der Waals surface area (Å²) in [5.41, 5.74) is 5.12. The molecule has 0 aliphatic heterocycles. The molecule has 0 bridgehead atoms. The van der Waals surface area contributed by atoms with Gasteiger partial charge in [0.15, 0.2) is 0 Å². The van der Waals surface area contributed by atoms with Crippen molar-refractivity contribution in [2.45, 2.75) is 63.5 Å². The predicted molar refractivity (Wildman–Crippen MR) is 179 cm³/mol. The largest absolute Gasteiger partial charge is 0.480 e. The van der Waals surface area contributed by atoms with Crippen LogP contribution in [0.15, 0.2) is 103 Å². The highest BCUT2D eigenvalue weighted by molar-refractivity contribution is 6.33. The third kappa shape index (κ3) is 8.83. The fraction of sp³-hybridized carbons (Fsp3) is 0.289. The van der Waals surface area contributed by atoms with Gasteiger partial charge < -0.3 is 15.7 Å². The molecule has 45 heavy (non-hydrogen) atoms. The minimum Gasteiger partial charge on any atom is -0.480 e. The summed E-state index contributed by atoms with van der Waals surface area (Å²) >= 11 is 6.58. The van der Waals surface area contributed by atoms with Crippen LogP contribution >= 0.6 is 11.6 Å². The molecule has 0 spiro atoms. The third-order valence-corrected chi connectivity index (χ3v) is 8.96. The van der Waals surface area contributed by atoms with Gasteiger partial charge in [0.25, 0.3) is 5.91 Å². The minimum absolute atomic E-state index is 0.270. The van der Waals surface area contributed by atoms with Gasteiger partial charge in [0.2, 0.25) is 5.91 Å². The Kier molecular flexibility index (Phi) is 11.0. The van der Waals surface area contributed by atoms with E-state index in [9.17, 15) is 19.5 Å². The van der Waals surface area contributed by atoms with Crippen molar-refractivity contribution < 1.29 is 19.5 Å². The first-order chi connectivity index (χ1) is 21.9. The summed E-state index contributed by atoms with van der Waals surface area (Å²) in [4.78, 5) is 39.3. The first-order valence-electron chi connectivity index (χ1n) is 15.7. The van der Waals surface area contributed by atoms with Gasteiger partial charge in [0, 0.05) is 16.1 Å². The van der Waals surface area contributed by atoms with Crippen LogP contribution in [0.5, 0.6) is 0 Å². The fourth-order valence-corrected chi connectivity index (χ4v) is 6.30. The molecule has 232 valence electrons. The first-order valence-corrected chi connectivity index (χ1v) is 16.1. The molecule has 1 fully saturated rings. The van der Waals surface area contributed by atoms with Crippen LogP contribution in [0.1, 0.15) is 60.9 Å². The topological polar surface area (TPSA) is 95.5 Å². The van der Waals surface area contributed by atoms with Crippen LogP contribution in [-0.4, -0.2) is 35.0 Å². The first kappa shape index (κ1) is 32.0. The van der Waals surface area contributed by atoms with Crippen molar-refractivity contribution >= 4 is 29.4 Å². The van der Waals surface area contributed by atoms with Crippen LogP contribution in [-0.2, 0) is 16.0 Å². The van der Waals surface area contributed by atoms with Gasteiger partial charge in [0.05, 0.1) is 0 Å². The Balaban J connectivity index is 1.33. The SMILES string of the molecule is O=C(NC(CCc1ccccc1)C(=O)NC(CC1CCCCC1)C(=O)O)c1ccc(Cl)c(-c2ccc(-c3ccccc3)cc2)c1. The summed E-state index contributed by atoms with van der Waals surface area (Å²) in [5.74, 6) is -1.70. The van der Waals surface area contributed by atoms with Gasteiger partial charge in [-0.3, -0.25) is 9.59 Å². The number of benzene rings is 4. The lowest BCUT2D eigenvalue weighted by molar-refractivity contribution is -0.142. The normalized spacial score (nSPS) is 14.7. The van der Waals surface area contributed by atoms with Gasteiger partial charge in [-0.15, -0.1) is 0 Å². The van der Waals surface area contributed by atoms with Crippen molar-refractivity contribution in [1.29, 1.82) is 0 Å². The molecular formula is C38H39ClN2O4. The van der Waals surface area contributed by atoms with Crippen LogP contribution in [0.2, 0.25) is 5.02 Å². The number of amides is 2. The number of carboxylic acid groups (broad SMARTS) is 1. The second-order valence-electron chi connectivity index (χ2n) is 11.8. The van der Waals surface area contributed by atoms with E-state index in [4.69, 9.17) is 11.6 Å². The van der Waals surface area contributed by atoms with E-state index < -0.39 is 29.9 Å². The van der Waals surface area contributed by atoms with E-state index in [0.29, 0.717) is 35.4 Å². The van der Waals surface area contributed by atoms with E-state index in [1.54, 1.807) is 18.2 Å². The molecule has 0 heterocycles. The zero-order chi connectivity index (χ0) is 31.6. The van der Waals surface area contributed by atoms with Crippen molar-refractivity contribution in [2.75, 3.05) is 0 Å². The molecule has 3 N–H and O–H groups in total. The molecule has 2 amide bonds. The lowest BCUT2D eigenvalue weighted by atomic mass is 9.84. The van der Waals surface area contributed by atoms with Gasteiger partial charge in [0.1, 0.15) is 12.1 Å². The standard InChI is InChI=1S/C38H39ClN2O4/c39-33-22-21-31(25-32(33)30-19-17-29(18-20-30)28-14-8-3-9-15-28)36(42)40-34(23-16-26-10-4-1-5-11-26)37(43)41-35(38(44)45)24-27-12-6-2-7-13-27/h1,3-5,8-11,14-15,17-22,25,27,34-35H,2,6-7,12-13,16,23-24H2,(H,40,42)(H,41,43)(H,44,45). The smallest absolute Gasteiger partial charge is 0.326 e. The number of hydrogen-bond acceptors (Lipinski definition) is 3. The monoisotopic (exact) mass is 622 g/mol. The Morgan fingerprint density at radius 1 is 0.733 bits per heavy atom. The number of carboxylic acids is 1. The molecule has 0 saturated heterocycles. The van der Waals surface area contributed by atoms with Crippen LogP contribution in [0.3, 0.4) is 0 Å². The number of aliphatic carboxylic acids is 1. The van der Waals surface area contributed by atoms with Crippen LogP contribution in [0, 0.1) is 5.92 Å². The number of rotatable bonds is 12.